The van der Waals surface area contributed by atoms with E-state index in [2.05, 4.69) is 85.5 Å². The molecule has 36 N–H and O–H groups in total. The molecule has 0 radical (unpaired) electrons. The van der Waals surface area contributed by atoms with E-state index >= 15 is 0 Å². The lowest BCUT2D eigenvalue weighted by Gasteiger charge is -2.24. The van der Waals surface area contributed by atoms with Crippen molar-refractivity contribution in [3.8, 4) is 0 Å². The number of carboxylic acid groups (broad SMARTS) is 1. The summed E-state index contributed by atoms with van der Waals surface area (Å²) in [5, 5.41) is 255. The number of nitrogens with zero attached hydrogens (tertiary/aromatic N) is 16. The Morgan fingerprint density at radius 3 is 1.25 bits per heavy atom. The number of likely N-dealkylation sites (N-methyl/N-ethyl adjacent to an activating group) is 1. The number of amides is 1. The lowest BCUT2D eigenvalue weighted by atomic mass is 10.0. The molecule has 0 aliphatic carbocycles. The van der Waals surface area contributed by atoms with Crippen molar-refractivity contribution < 1.29 is 112 Å². The van der Waals surface area contributed by atoms with Crippen LogP contribution in [-0.2, 0) is 22.4 Å². The molecule has 0 aliphatic rings. The number of aliphatic hydroxyl groups excluding tert-OH is 19. The molecule has 0 heterocycles. The van der Waals surface area contributed by atoms with Crippen molar-refractivity contribution in [2.24, 2.45) is 109 Å². The Morgan fingerprint density at radius 2 is 0.806 bits per heavy atom. The summed E-state index contributed by atoms with van der Waals surface area (Å²) in [6, 6.07) is -3.59. The van der Waals surface area contributed by atoms with Crippen LogP contribution in [0.25, 0.3) is 0 Å². The van der Waals surface area contributed by atoms with E-state index in [9.17, 15) is 112 Å². The van der Waals surface area contributed by atoms with Crippen molar-refractivity contribution in [1.82, 2.24) is 15.5 Å². The zero-order valence-electron chi connectivity index (χ0n) is 73.3. The van der Waals surface area contributed by atoms with E-state index in [4.69, 9.17) is 50.3 Å². The molecule has 2 rings (SSSR count). The highest BCUT2D eigenvalue weighted by molar-refractivity contribution is 5.97. The van der Waals surface area contributed by atoms with Gasteiger partial charge in [-0.15, -0.1) is 0 Å². The van der Waals surface area contributed by atoms with Crippen LogP contribution in [0.1, 0.15) is 143 Å². The van der Waals surface area contributed by atoms with Gasteiger partial charge in [-0.1, -0.05) is 74.5 Å². The summed E-state index contributed by atoms with van der Waals surface area (Å²) in [7, 11) is 1.23. The molecule has 15 atom stereocenters. The van der Waals surface area contributed by atoms with Crippen LogP contribution in [0, 0.1) is 27.6 Å². The summed E-state index contributed by atoms with van der Waals surface area (Å²) in [5.74, 6) is -17.9. The zero-order chi connectivity index (χ0) is 97.2. The monoisotopic (exact) mass is 1820 g/mol. The van der Waals surface area contributed by atoms with Crippen molar-refractivity contribution in [2.45, 2.75) is 235 Å². The lowest BCUT2D eigenvalue weighted by molar-refractivity contribution is -0.138. The second kappa shape index (κ2) is 59.6. The van der Waals surface area contributed by atoms with Gasteiger partial charge in [0.15, 0.2) is 47.7 Å². The Kier molecular flexibility index (Phi) is 51.7. The molecule has 0 saturated heterocycles. The van der Waals surface area contributed by atoms with Crippen LogP contribution < -0.4 is 39.3 Å². The lowest BCUT2D eigenvalue weighted by Crippen LogP contribution is -2.42. The predicted octanol–water partition coefficient (Wildman–Crippen LogP) is 3.99. The number of nitrogens with one attached hydrogen (secondary N) is 6. The van der Waals surface area contributed by atoms with Gasteiger partial charge in [-0.3, -0.25) is 26.4 Å². The van der Waals surface area contributed by atoms with Crippen molar-refractivity contribution in [2.75, 3.05) is 59.5 Å². The van der Waals surface area contributed by atoms with Gasteiger partial charge in [0.2, 0.25) is 88.5 Å². The number of hydrogen-bond acceptors (Lipinski definition) is 26. The summed E-state index contributed by atoms with van der Waals surface area (Å²) >= 11 is 0. The van der Waals surface area contributed by atoms with Crippen LogP contribution in [0.4, 0.5) is 0 Å². The van der Waals surface area contributed by atoms with Gasteiger partial charge in [0.05, 0.1) is 25.2 Å². The zero-order valence-corrected chi connectivity index (χ0v) is 73.3. The highest BCUT2D eigenvalue weighted by atomic mass is 16.4. The van der Waals surface area contributed by atoms with Crippen molar-refractivity contribution in [3.63, 3.8) is 0 Å². The third kappa shape index (κ3) is 44.6. The number of benzene rings is 2. The minimum atomic E-state index is -1.82. The number of rotatable bonds is 62. The summed E-state index contributed by atoms with van der Waals surface area (Å²) in [6.07, 6.45) is -2.36. The second-order valence-electron chi connectivity index (χ2n) is 30.2. The van der Waals surface area contributed by atoms with E-state index in [1.54, 1.807) is 56.3 Å². The van der Waals surface area contributed by atoms with E-state index in [-0.39, 0.29) is 103 Å². The molecule has 0 spiro atoms. The molecule has 2 aromatic carbocycles. The number of carboxylic acids is 1. The number of nitrogens with two attached hydrogens (primary N) is 5. The van der Waals surface area contributed by atoms with Crippen molar-refractivity contribution in [3.05, 3.63) is 71.8 Å². The molecule has 0 bridgehead atoms. The van der Waals surface area contributed by atoms with Gasteiger partial charge >= 0.3 is 5.97 Å². The fourth-order valence-electron chi connectivity index (χ4n) is 11.5. The van der Waals surface area contributed by atoms with Gasteiger partial charge in [0, 0.05) is 33.0 Å². The number of carbonyl (C=O) groups excluding carboxylic acids is 1. The van der Waals surface area contributed by atoms with Crippen LogP contribution >= 0.6 is 0 Å². The third-order valence-electron chi connectivity index (χ3n) is 18.8. The molecule has 129 heavy (non-hydrogen) atoms. The van der Waals surface area contributed by atoms with Crippen molar-refractivity contribution >= 4 is 124 Å². The number of unbranched alkanes of at least 4 members (excludes halogenated alkanes) is 2. The van der Waals surface area contributed by atoms with Crippen LogP contribution in [0.15, 0.2) is 136 Å². The number of hydrogen-bond donors (Lipinski definition) is 31. The predicted molar refractivity (Wildman–Crippen MR) is 497 cm³/mol. The smallest absolute Gasteiger partial charge is 0.328 e. The topological polar surface area (TPSA) is 877 Å². The van der Waals surface area contributed by atoms with E-state index in [0.29, 0.717) is 18.4 Å². The second-order valence-corrected chi connectivity index (χ2v) is 30.2. The maximum absolute atomic E-state index is 13.8. The van der Waals surface area contributed by atoms with Crippen molar-refractivity contribution in [1.29, 1.82) is 21.6 Å². The van der Waals surface area contributed by atoms with Crippen LogP contribution in [0.2, 0.25) is 0 Å². The van der Waals surface area contributed by atoms with Gasteiger partial charge in [-0.2, -0.15) is 0 Å². The first kappa shape index (κ1) is 112. The minimum Gasteiger partial charge on any atom is -0.497 e. The Labute approximate surface area is 745 Å². The molecule has 2 aromatic rings. The molecule has 718 valence electrons. The fraction of sp³-hybridized carbons (Fsp3) is 0.588. The summed E-state index contributed by atoms with van der Waals surface area (Å²) in [6.45, 7) is 5.71. The van der Waals surface area contributed by atoms with Gasteiger partial charge in [0.1, 0.15) is 80.1 Å². The van der Waals surface area contributed by atoms with Gasteiger partial charge in [-0.25, -0.2) is 79.7 Å². The van der Waals surface area contributed by atoms with Gasteiger partial charge in [0.25, 0.3) is 0 Å². The first-order valence-electron chi connectivity index (χ1n) is 41.4. The summed E-state index contributed by atoms with van der Waals surface area (Å²) < 4.78 is 0. The first-order valence-corrected chi connectivity index (χ1v) is 41.4. The Bertz CT molecular complexity index is 4370. The average molecular weight is 1820 g/mol. The fourth-order valence-corrected chi connectivity index (χ4v) is 11.5. The van der Waals surface area contributed by atoms with E-state index < -0.39 is 260 Å². The number of aliphatic imine (C=N–C) groups is 15. The highest BCUT2D eigenvalue weighted by Crippen LogP contribution is 2.20. The minimum absolute atomic E-state index is 0.0196. The van der Waals surface area contributed by atoms with E-state index in [1.165, 1.54) is 34.7 Å². The molecular weight excluding hydrogens is 1690 g/mol. The van der Waals surface area contributed by atoms with E-state index in [0.717, 1.165) is 10.5 Å². The molecule has 0 fully saturated rings. The molecule has 1 amide bonds. The van der Waals surface area contributed by atoms with Crippen LogP contribution in [0.3, 0.4) is 0 Å². The number of guanidine groups is 2. The van der Waals surface area contributed by atoms with Crippen LogP contribution in [0.5, 0.6) is 0 Å². The normalized spacial score (nSPS) is 17.4. The summed E-state index contributed by atoms with van der Waals surface area (Å²) in [4.78, 5) is 87.6. The maximum Gasteiger partial charge on any atom is 0.328 e. The molecule has 49 heteroatoms. The number of aliphatic carboxylic acids is 1. The average Bonchev–Trinajstić information content (AvgIpc) is 0.854. The van der Waals surface area contributed by atoms with Gasteiger partial charge in [-0.05, 0) is 141 Å². The first-order chi connectivity index (χ1) is 60.8. The third-order valence-corrected chi connectivity index (χ3v) is 18.8. The number of aliphatic hydroxyl groups is 19. The molecule has 0 aromatic heterocycles. The standard InChI is InChI=1S/C80H131N27O22/c1-42(2)34-55(73(123)95-44(4)66(116)103-57(37-60(85)111)74(124)102-54(78(128)129)28-29-59(84)110)104-71(121)50(24-14-16-30-81)100-69(119)52(26-18-32-90-79(86)87)98-65(115)43(3)96-76(126)58(41-108)105-72(122)51(25-15-17-31-82)101-70(120)53(27-19-33-91-80(88)89)99-67(117)45(5)107(7)63(114)40-94-77(127)64(46(6)109)106-75(125)56(36-48-22-12-9-13-23-48)97-62(113)39-92-61(112)38-93-68(118)49(83)35-47-20-10-8-11-21-47/h8-13,20-23,42-46,49-58,64,108-109H,14-19,24-41,81-83H2,1-7H3,(H2,84,110)(H2,85,111)(H,92,112)(H,93,118)(H,94,127)(H,95,123)(H,96,126)(H,97,113)(H,98,115)(H,99,117)(H,100,119)(H,101,120)(H,102,124)(H,103,116)(H,104,121)(H,105,122)(H,106,125)(H,128,129)(H4,86,87,90)(H4,88,89,91). The van der Waals surface area contributed by atoms with Crippen LogP contribution in [-0.4, -0.2) is 381 Å². The Hall–Kier alpha value is -13.3. The highest BCUT2D eigenvalue weighted by Gasteiger charge is 2.33. The van der Waals surface area contributed by atoms with Gasteiger partial charge < -0.3 is 146 Å². The largest absolute Gasteiger partial charge is 0.497 e. The summed E-state index contributed by atoms with van der Waals surface area (Å²) in [5.41, 5.74) is 30.1. The molecule has 15 unspecified atom stereocenters. The SMILES string of the molecule is CC(C)CC(N=C(O)C(CCCCN)N=C(O)C(CCCNC(=N)N)N=C(O)C(C)N=C(O)C(CO)N=C(O)C(CCCCN)N=C(O)C(CCCNC(=N)N)N=C(O)C(C)N(C)C(=O)CN=C(O)C(N=C(O)C(Cc1ccccc1)N=C(O)CN=C(O)CN=C(O)C(N)Cc1ccccc1)C(C)O)C(O)=NC(C)C(O)=NC(CC(=N)O)C(O)=NC(CCC(=N)O)C(=O)O. The number of carbonyl (C=O) groups is 2. The molecule has 0 aliphatic heterocycles. The molecular formula is C80H131N27O22. The maximum atomic E-state index is 13.8. The molecule has 0 saturated carbocycles. The Morgan fingerprint density at radius 1 is 0.411 bits per heavy atom. The van der Waals surface area contributed by atoms with E-state index in [1.807, 2.05) is 18.2 Å². The Balaban J connectivity index is 2.68. The quantitative estimate of drug-likeness (QED) is 0.0253. The molecule has 49 nitrogen and oxygen atoms in total.